The predicted octanol–water partition coefficient (Wildman–Crippen LogP) is 1.78. The first-order chi connectivity index (χ1) is 8.40. The average Bonchev–Trinajstić information content (AvgIpc) is 2.28. The molecule has 0 spiro atoms. The van der Waals surface area contributed by atoms with Gasteiger partial charge in [0, 0.05) is 0 Å². The topological polar surface area (TPSA) is 87.9 Å². The van der Waals surface area contributed by atoms with Crippen LogP contribution in [0.15, 0.2) is 0 Å². The minimum absolute atomic E-state index is 0.106. The zero-order valence-electron chi connectivity index (χ0n) is 11.5. The van der Waals surface area contributed by atoms with Gasteiger partial charge < -0.3 is 19.5 Å². The number of hydrogen-bond acceptors (Lipinski definition) is 6. The first-order valence-electron chi connectivity index (χ1n) is 6.20. The molecule has 0 rings (SSSR count). The molecule has 2 N–H and O–H groups in total. The maximum absolute atomic E-state index is 12.3. The van der Waals surface area contributed by atoms with Crippen LogP contribution in [0.3, 0.4) is 0 Å². The van der Waals surface area contributed by atoms with Gasteiger partial charge >= 0.3 is 13.6 Å². The molecule has 2 atom stereocenters. The molecule has 0 heterocycles. The highest BCUT2D eigenvalue weighted by Gasteiger charge is 2.32. The summed E-state index contributed by atoms with van der Waals surface area (Å²) in [6.45, 7) is 7.77. The van der Waals surface area contributed by atoms with Crippen LogP contribution in [0.2, 0.25) is 0 Å². The van der Waals surface area contributed by atoms with Gasteiger partial charge in [-0.15, -0.1) is 0 Å². The SMILES string of the molecule is CCOC(=O)[C@H](N)[C@H](C)CP(=O)(OCC)OCC. The molecule has 0 aromatic heterocycles. The Kier molecular flexibility index (Phi) is 8.44. The van der Waals surface area contributed by atoms with Gasteiger partial charge in [0.15, 0.2) is 0 Å². The minimum Gasteiger partial charge on any atom is -0.465 e. The van der Waals surface area contributed by atoms with Gasteiger partial charge in [0.05, 0.1) is 26.0 Å². The van der Waals surface area contributed by atoms with Crippen LogP contribution in [0.25, 0.3) is 0 Å². The number of rotatable bonds is 9. The molecule has 18 heavy (non-hydrogen) atoms. The molecule has 0 aromatic carbocycles. The van der Waals surface area contributed by atoms with Crippen LogP contribution < -0.4 is 5.73 Å². The molecule has 0 saturated carbocycles. The number of ether oxygens (including phenoxy) is 1. The van der Waals surface area contributed by atoms with Gasteiger partial charge in [-0.05, 0) is 26.7 Å². The third-order valence-corrected chi connectivity index (χ3v) is 4.66. The maximum atomic E-state index is 12.3. The summed E-state index contributed by atoms with van der Waals surface area (Å²) in [6, 6.07) is -0.820. The quantitative estimate of drug-likeness (QED) is 0.512. The Hall–Kier alpha value is -0.420. The van der Waals surface area contributed by atoms with E-state index < -0.39 is 19.6 Å². The molecule has 0 bridgehead atoms. The van der Waals surface area contributed by atoms with E-state index in [4.69, 9.17) is 19.5 Å². The lowest BCUT2D eigenvalue weighted by molar-refractivity contribution is -0.145. The molecule has 0 aliphatic heterocycles. The zero-order valence-corrected chi connectivity index (χ0v) is 12.4. The molecule has 0 fully saturated rings. The second-order valence-corrected chi connectivity index (χ2v) is 5.99. The van der Waals surface area contributed by atoms with Crippen LogP contribution in [-0.4, -0.2) is 38.0 Å². The summed E-state index contributed by atoms with van der Waals surface area (Å²) in [7, 11) is -3.18. The van der Waals surface area contributed by atoms with Gasteiger partial charge in [0.25, 0.3) is 0 Å². The van der Waals surface area contributed by atoms with Crippen molar-refractivity contribution in [1.82, 2.24) is 0 Å². The second kappa shape index (κ2) is 8.64. The van der Waals surface area contributed by atoms with Crippen LogP contribution in [-0.2, 0) is 23.1 Å². The third kappa shape index (κ3) is 5.96. The number of esters is 1. The molecule has 0 aromatic rings. The van der Waals surface area contributed by atoms with Gasteiger partial charge in [-0.1, -0.05) is 6.92 Å². The van der Waals surface area contributed by atoms with Gasteiger partial charge in [0.1, 0.15) is 6.04 Å². The van der Waals surface area contributed by atoms with Gasteiger partial charge in [0.2, 0.25) is 0 Å². The summed E-state index contributed by atoms with van der Waals surface area (Å²) < 4.78 is 27.4. The summed E-state index contributed by atoms with van der Waals surface area (Å²) in [6.07, 6.45) is 0.106. The molecule has 108 valence electrons. The van der Waals surface area contributed by atoms with E-state index in [1.807, 2.05) is 0 Å². The lowest BCUT2D eigenvalue weighted by Gasteiger charge is -2.23. The van der Waals surface area contributed by atoms with Crippen molar-refractivity contribution in [2.75, 3.05) is 26.0 Å². The van der Waals surface area contributed by atoms with E-state index in [0.717, 1.165) is 0 Å². The first kappa shape index (κ1) is 17.6. The standard InChI is InChI=1S/C11H24NO5P/c1-5-15-11(13)10(12)9(4)8-18(14,16-6-2)17-7-3/h9-10H,5-8,12H2,1-4H3/t9-,10-/m1/s1. The Bertz CT molecular complexity index is 287. The van der Waals surface area contributed by atoms with E-state index in [9.17, 15) is 9.36 Å². The fraction of sp³-hybridized carbons (Fsp3) is 0.909. The van der Waals surface area contributed by atoms with E-state index >= 15 is 0 Å². The van der Waals surface area contributed by atoms with Gasteiger partial charge in [-0.2, -0.15) is 0 Å². The molecule has 0 aliphatic rings. The van der Waals surface area contributed by atoms with Crippen molar-refractivity contribution in [3.63, 3.8) is 0 Å². The maximum Gasteiger partial charge on any atom is 0.331 e. The van der Waals surface area contributed by atoms with Crippen molar-refractivity contribution >= 4 is 13.6 Å². The average molecular weight is 281 g/mol. The summed E-state index contributed by atoms with van der Waals surface area (Å²) in [5.41, 5.74) is 5.74. The molecule has 0 unspecified atom stereocenters. The van der Waals surface area contributed by atoms with Crippen LogP contribution in [0.4, 0.5) is 0 Å². The summed E-state index contributed by atoms with van der Waals surface area (Å²) in [5, 5.41) is 0. The number of nitrogens with two attached hydrogens (primary N) is 1. The predicted molar refractivity (Wildman–Crippen MR) is 69.5 cm³/mol. The molecular formula is C11H24NO5P. The first-order valence-corrected chi connectivity index (χ1v) is 7.93. The molecule has 0 amide bonds. The van der Waals surface area contributed by atoms with E-state index in [-0.39, 0.29) is 18.7 Å². The number of carbonyl (C=O) groups is 1. The molecule has 0 aliphatic carbocycles. The summed E-state index contributed by atoms with van der Waals surface area (Å²) in [4.78, 5) is 11.5. The molecule has 0 radical (unpaired) electrons. The Morgan fingerprint density at radius 2 is 1.67 bits per heavy atom. The monoisotopic (exact) mass is 281 g/mol. The third-order valence-electron chi connectivity index (χ3n) is 2.33. The fourth-order valence-corrected chi connectivity index (χ4v) is 3.48. The molecule has 7 heteroatoms. The van der Waals surface area contributed by atoms with Crippen LogP contribution >= 0.6 is 7.60 Å². The van der Waals surface area contributed by atoms with Crippen LogP contribution in [0.5, 0.6) is 0 Å². The van der Waals surface area contributed by atoms with Crippen LogP contribution in [0, 0.1) is 5.92 Å². The zero-order chi connectivity index (χ0) is 14.2. The highest BCUT2D eigenvalue weighted by Crippen LogP contribution is 2.49. The van der Waals surface area contributed by atoms with E-state index in [1.54, 1.807) is 27.7 Å². The van der Waals surface area contributed by atoms with Crippen molar-refractivity contribution < 1.29 is 23.1 Å². The van der Waals surface area contributed by atoms with E-state index in [0.29, 0.717) is 13.2 Å². The largest absolute Gasteiger partial charge is 0.465 e. The molecule has 6 nitrogen and oxygen atoms in total. The minimum atomic E-state index is -3.18. The summed E-state index contributed by atoms with van der Waals surface area (Å²) in [5.74, 6) is -0.836. The van der Waals surface area contributed by atoms with E-state index in [2.05, 4.69) is 0 Å². The second-order valence-electron chi connectivity index (χ2n) is 3.88. The van der Waals surface area contributed by atoms with Crippen molar-refractivity contribution in [1.29, 1.82) is 0 Å². The Balaban J connectivity index is 4.54. The highest BCUT2D eigenvalue weighted by molar-refractivity contribution is 7.53. The Labute approximate surface area is 109 Å². The van der Waals surface area contributed by atoms with Crippen molar-refractivity contribution in [2.24, 2.45) is 11.7 Å². The highest BCUT2D eigenvalue weighted by atomic mass is 31.2. The normalized spacial score (nSPS) is 15.2. The lowest BCUT2D eigenvalue weighted by Crippen LogP contribution is -2.39. The lowest BCUT2D eigenvalue weighted by atomic mass is 10.1. The number of hydrogen-bond donors (Lipinski definition) is 1. The van der Waals surface area contributed by atoms with Crippen molar-refractivity contribution in [2.45, 2.75) is 33.7 Å². The fourth-order valence-electron chi connectivity index (χ4n) is 1.47. The molecular weight excluding hydrogens is 257 g/mol. The van der Waals surface area contributed by atoms with Crippen molar-refractivity contribution in [3.05, 3.63) is 0 Å². The van der Waals surface area contributed by atoms with Gasteiger partial charge in [-0.3, -0.25) is 9.36 Å². The summed E-state index contributed by atoms with van der Waals surface area (Å²) >= 11 is 0. The Morgan fingerprint density at radius 1 is 1.17 bits per heavy atom. The Morgan fingerprint density at radius 3 is 2.06 bits per heavy atom. The smallest absolute Gasteiger partial charge is 0.331 e. The van der Waals surface area contributed by atoms with E-state index in [1.165, 1.54) is 0 Å². The van der Waals surface area contributed by atoms with Gasteiger partial charge in [-0.25, -0.2) is 0 Å². The van der Waals surface area contributed by atoms with Crippen LogP contribution in [0.1, 0.15) is 27.7 Å². The van der Waals surface area contributed by atoms with Crippen molar-refractivity contribution in [3.8, 4) is 0 Å². The molecule has 0 saturated heterocycles. The number of carbonyl (C=O) groups excluding carboxylic acids is 1.